The zero-order valence-corrected chi connectivity index (χ0v) is 15.9. The lowest BCUT2D eigenvalue weighted by molar-refractivity contribution is -0.274. The second-order valence-electron chi connectivity index (χ2n) is 7.24. The minimum absolute atomic E-state index is 0.293. The van der Waals surface area contributed by atoms with Crippen molar-refractivity contribution in [3.8, 4) is 22.9 Å². The van der Waals surface area contributed by atoms with Crippen molar-refractivity contribution in [3.63, 3.8) is 0 Å². The fourth-order valence-electron chi connectivity index (χ4n) is 3.60. The molecule has 0 aliphatic carbocycles. The van der Waals surface area contributed by atoms with E-state index in [-0.39, 0.29) is 5.75 Å². The van der Waals surface area contributed by atoms with Gasteiger partial charge < -0.3 is 14.4 Å². The molecule has 2 aromatic heterocycles. The highest BCUT2D eigenvalue weighted by Crippen LogP contribution is 2.28. The number of aromatic nitrogens is 3. The molecule has 0 radical (unpaired) electrons. The number of hydrogen-bond donors (Lipinski definition) is 0. The highest BCUT2D eigenvalue weighted by molar-refractivity contribution is 5.64. The number of likely N-dealkylation sites (tertiary alicyclic amines) is 1. The van der Waals surface area contributed by atoms with E-state index in [0.29, 0.717) is 35.3 Å². The molecule has 1 fully saturated rings. The first-order valence-corrected chi connectivity index (χ1v) is 9.40. The van der Waals surface area contributed by atoms with Crippen LogP contribution >= 0.6 is 0 Å². The molecule has 0 spiro atoms. The fourth-order valence-corrected chi connectivity index (χ4v) is 3.60. The van der Waals surface area contributed by atoms with Crippen molar-refractivity contribution in [2.75, 3.05) is 26.7 Å². The monoisotopic (exact) mass is 406 g/mol. The highest BCUT2D eigenvalue weighted by Gasteiger charge is 2.31. The van der Waals surface area contributed by atoms with Gasteiger partial charge in [-0.2, -0.15) is 0 Å². The Morgan fingerprint density at radius 2 is 2.07 bits per heavy atom. The molecule has 1 aliphatic heterocycles. The number of fused-ring (bicyclic) bond motifs is 1. The molecule has 29 heavy (non-hydrogen) atoms. The standard InChI is InChI=1S/C20H21F3N4O2/c1-26-9-3-4-14(12-26)13-28-19-8-7-18-24-11-17(27(18)25-19)15-5-2-6-16(10-15)29-20(21,22)23/h2,5-8,10-11,14H,3-4,9,12-13H2,1H3. The minimum Gasteiger partial charge on any atom is -0.476 e. The van der Waals surface area contributed by atoms with Crippen LogP contribution in [-0.4, -0.2) is 52.6 Å². The van der Waals surface area contributed by atoms with Gasteiger partial charge in [0.2, 0.25) is 5.88 Å². The van der Waals surface area contributed by atoms with Gasteiger partial charge in [0, 0.05) is 24.1 Å². The maximum atomic E-state index is 12.5. The third-order valence-corrected chi connectivity index (χ3v) is 4.89. The van der Waals surface area contributed by atoms with Crippen molar-refractivity contribution < 1.29 is 22.6 Å². The van der Waals surface area contributed by atoms with Gasteiger partial charge in [-0.3, -0.25) is 0 Å². The second kappa shape index (κ2) is 7.90. The molecular formula is C20H21F3N4O2. The van der Waals surface area contributed by atoms with Crippen molar-refractivity contribution in [1.82, 2.24) is 19.5 Å². The van der Waals surface area contributed by atoms with E-state index in [2.05, 4.69) is 26.8 Å². The van der Waals surface area contributed by atoms with Crippen LogP contribution in [0, 0.1) is 5.92 Å². The lowest BCUT2D eigenvalue weighted by atomic mass is 10.00. The summed E-state index contributed by atoms with van der Waals surface area (Å²) in [5.41, 5.74) is 1.64. The van der Waals surface area contributed by atoms with Crippen LogP contribution in [0.2, 0.25) is 0 Å². The molecule has 3 heterocycles. The van der Waals surface area contributed by atoms with Crippen LogP contribution in [0.25, 0.3) is 16.9 Å². The van der Waals surface area contributed by atoms with E-state index in [1.54, 1.807) is 28.9 Å². The molecule has 0 bridgehead atoms. The summed E-state index contributed by atoms with van der Waals surface area (Å²) in [6, 6.07) is 9.26. The highest BCUT2D eigenvalue weighted by atomic mass is 19.4. The van der Waals surface area contributed by atoms with E-state index in [0.717, 1.165) is 25.9 Å². The summed E-state index contributed by atoms with van der Waals surface area (Å²) in [6.07, 6.45) is -0.909. The average Bonchev–Trinajstić information content (AvgIpc) is 3.08. The molecule has 1 aromatic carbocycles. The van der Waals surface area contributed by atoms with Gasteiger partial charge in [-0.15, -0.1) is 18.3 Å². The molecule has 1 saturated heterocycles. The number of halogens is 3. The van der Waals surface area contributed by atoms with Gasteiger partial charge >= 0.3 is 6.36 Å². The second-order valence-corrected chi connectivity index (χ2v) is 7.24. The molecule has 6 nitrogen and oxygen atoms in total. The Morgan fingerprint density at radius 3 is 2.86 bits per heavy atom. The van der Waals surface area contributed by atoms with E-state index < -0.39 is 6.36 Å². The number of benzene rings is 1. The zero-order chi connectivity index (χ0) is 20.4. The van der Waals surface area contributed by atoms with Gasteiger partial charge in [0.15, 0.2) is 5.65 Å². The van der Waals surface area contributed by atoms with Crippen LogP contribution in [-0.2, 0) is 0 Å². The predicted octanol–water partition coefficient (Wildman–Crippen LogP) is 4.02. The van der Waals surface area contributed by atoms with Crippen molar-refractivity contribution in [3.05, 3.63) is 42.6 Å². The zero-order valence-electron chi connectivity index (χ0n) is 15.9. The van der Waals surface area contributed by atoms with Crippen LogP contribution in [0.15, 0.2) is 42.6 Å². The fraction of sp³-hybridized carbons (Fsp3) is 0.400. The smallest absolute Gasteiger partial charge is 0.476 e. The average molecular weight is 406 g/mol. The molecule has 0 saturated carbocycles. The SMILES string of the molecule is CN1CCCC(COc2ccc3ncc(-c4cccc(OC(F)(F)F)c4)n3n2)C1. The normalized spacial score (nSPS) is 18.1. The van der Waals surface area contributed by atoms with Crippen LogP contribution in [0.3, 0.4) is 0 Å². The third kappa shape index (κ3) is 4.79. The Kier molecular flexibility index (Phi) is 5.31. The van der Waals surface area contributed by atoms with Gasteiger partial charge in [-0.25, -0.2) is 9.50 Å². The largest absolute Gasteiger partial charge is 0.573 e. The quantitative estimate of drug-likeness (QED) is 0.641. The molecule has 0 N–H and O–H groups in total. The Hall–Kier alpha value is -2.81. The van der Waals surface area contributed by atoms with Gasteiger partial charge in [0.05, 0.1) is 18.5 Å². The summed E-state index contributed by atoms with van der Waals surface area (Å²) in [6.45, 7) is 2.67. The maximum Gasteiger partial charge on any atom is 0.573 e. The van der Waals surface area contributed by atoms with Crippen LogP contribution < -0.4 is 9.47 Å². The molecule has 1 unspecified atom stereocenters. The summed E-state index contributed by atoms with van der Waals surface area (Å²) in [5.74, 6) is 0.608. The van der Waals surface area contributed by atoms with Crippen molar-refractivity contribution in [2.24, 2.45) is 5.92 Å². The Labute approximate surface area is 165 Å². The first-order valence-electron chi connectivity index (χ1n) is 9.40. The molecule has 154 valence electrons. The lowest BCUT2D eigenvalue weighted by Gasteiger charge is -2.29. The first-order chi connectivity index (χ1) is 13.9. The van der Waals surface area contributed by atoms with E-state index in [9.17, 15) is 13.2 Å². The van der Waals surface area contributed by atoms with E-state index in [1.165, 1.54) is 18.2 Å². The molecule has 1 aliphatic rings. The first kappa shape index (κ1) is 19.5. The number of rotatable bonds is 5. The van der Waals surface area contributed by atoms with Crippen LogP contribution in [0.5, 0.6) is 11.6 Å². The van der Waals surface area contributed by atoms with Crippen molar-refractivity contribution in [2.45, 2.75) is 19.2 Å². The summed E-state index contributed by atoms with van der Waals surface area (Å²) in [7, 11) is 2.10. The number of piperidine rings is 1. The van der Waals surface area contributed by atoms with Gasteiger partial charge in [0.1, 0.15) is 5.75 Å². The van der Waals surface area contributed by atoms with E-state index in [1.807, 2.05) is 0 Å². The minimum atomic E-state index is -4.75. The Balaban J connectivity index is 1.55. The van der Waals surface area contributed by atoms with E-state index >= 15 is 0 Å². The topological polar surface area (TPSA) is 51.9 Å². The predicted molar refractivity (Wildman–Crippen MR) is 101 cm³/mol. The summed E-state index contributed by atoms with van der Waals surface area (Å²) >= 11 is 0. The number of nitrogens with zero attached hydrogens (tertiary/aromatic N) is 4. The molecule has 3 aromatic rings. The molecule has 4 rings (SSSR count). The third-order valence-electron chi connectivity index (χ3n) is 4.89. The number of alkyl halides is 3. The number of hydrogen-bond acceptors (Lipinski definition) is 5. The van der Waals surface area contributed by atoms with Crippen molar-refractivity contribution in [1.29, 1.82) is 0 Å². The summed E-state index contributed by atoms with van der Waals surface area (Å²) < 4.78 is 49.0. The maximum absolute atomic E-state index is 12.5. The lowest BCUT2D eigenvalue weighted by Crippen LogP contribution is -2.34. The molecular weight excluding hydrogens is 385 g/mol. The molecule has 9 heteroatoms. The number of ether oxygens (including phenoxy) is 2. The summed E-state index contributed by atoms with van der Waals surface area (Å²) in [5, 5.41) is 4.47. The van der Waals surface area contributed by atoms with Gasteiger partial charge in [-0.1, -0.05) is 12.1 Å². The Morgan fingerprint density at radius 1 is 1.21 bits per heavy atom. The van der Waals surface area contributed by atoms with Crippen LogP contribution in [0.1, 0.15) is 12.8 Å². The van der Waals surface area contributed by atoms with Crippen molar-refractivity contribution >= 4 is 5.65 Å². The Bertz CT molecular complexity index is 989. The molecule has 0 amide bonds. The van der Waals surface area contributed by atoms with E-state index in [4.69, 9.17) is 4.74 Å². The summed E-state index contributed by atoms with van der Waals surface area (Å²) in [4.78, 5) is 6.57. The van der Waals surface area contributed by atoms with Gasteiger partial charge in [-0.05, 0) is 44.6 Å². The van der Waals surface area contributed by atoms with Crippen LogP contribution in [0.4, 0.5) is 13.2 Å². The number of imidazole rings is 1. The molecule has 1 atom stereocenters. The van der Waals surface area contributed by atoms with Gasteiger partial charge in [0.25, 0.3) is 0 Å².